The van der Waals surface area contributed by atoms with Gasteiger partial charge in [0.15, 0.2) is 0 Å². The van der Waals surface area contributed by atoms with Crippen LogP contribution in [0.3, 0.4) is 0 Å². The summed E-state index contributed by atoms with van der Waals surface area (Å²) in [6, 6.07) is 7.88. The van der Waals surface area contributed by atoms with E-state index in [2.05, 4.69) is 14.9 Å². The fourth-order valence-electron chi connectivity index (χ4n) is 1.92. The fraction of sp³-hybridized carbons (Fsp3) is 0.429. The minimum atomic E-state index is 0.666. The van der Waals surface area contributed by atoms with Crippen LogP contribution in [0.2, 0.25) is 0 Å². The minimum Gasteiger partial charge on any atom is -0.383 e. The average molecular weight is 260 g/mol. The Bertz CT molecular complexity index is 510. The summed E-state index contributed by atoms with van der Waals surface area (Å²) in [5.41, 5.74) is 7.41. The molecule has 0 saturated heterocycles. The highest BCUT2D eigenvalue weighted by atomic mass is 16.5. The molecule has 2 rings (SSSR count). The van der Waals surface area contributed by atoms with Crippen LogP contribution in [0.1, 0.15) is 6.42 Å². The van der Waals surface area contributed by atoms with Gasteiger partial charge >= 0.3 is 0 Å². The number of nitrogens with two attached hydrogens (primary N) is 1. The summed E-state index contributed by atoms with van der Waals surface area (Å²) in [6.07, 6.45) is 2.74. The summed E-state index contributed by atoms with van der Waals surface area (Å²) in [5, 5.41) is 0. The van der Waals surface area contributed by atoms with Crippen molar-refractivity contribution in [1.29, 1.82) is 0 Å². The van der Waals surface area contributed by atoms with Crippen LogP contribution in [-0.2, 0) is 4.74 Å². The fourth-order valence-corrected chi connectivity index (χ4v) is 1.92. The molecule has 0 unspecified atom stereocenters. The molecule has 19 heavy (non-hydrogen) atoms. The molecule has 102 valence electrons. The first-order valence-corrected chi connectivity index (χ1v) is 6.51. The van der Waals surface area contributed by atoms with Crippen molar-refractivity contribution in [1.82, 2.24) is 9.97 Å². The quantitative estimate of drug-likeness (QED) is 0.816. The number of hydrogen-bond donors (Lipinski definition) is 1. The number of aromatic nitrogens is 2. The Morgan fingerprint density at radius 3 is 2.74 bits per heavy atom. The maximum atomic E-state index is 5.58. The van der Waals surface area contributed by atoms with Gasteiger partial charge in [-0.1, -0.05) is 12.1 Å². The van der Waals surface area contributed by atoms with E-state index in [-0.39, 0.29) is 0 Å². The van der Waals surface area contributed by atoms with Crippen molar-refractivity contribution in [3.05, 3.63) is 30.5 Å². The number of nitrogens with zero attached hydrogens (tertiary/aromatic N) is 3. The molecule has 0 aliphatic heterocycles. The predicted molar refractivity (Wildman–Crippen MR) is 77.3 cm³/mol. The molecule has 0 radical (unpaired) electrons. The maximum absolute atomic E-state index is 5.58. The third kappa shape index (κ3) is 3.62. The Labute approximate surface area is 113 Å². The van der Waals surface area contributed by atoms with Crippen molar-refractivity contribution in [3.63, 3.8) is 0 Å². The number of fused-ring (bicyclic) bond motifs is 1. The molecular weight excluding hydrogens is 240 g/mol. The zero-order chi connectivity index (χ0) is 13.5. The highest BCUT2D eigenvalue weighted by molar-refractivity contribution is 5.75. The first-order chi connectivity index (χ1) is 9.35. The molecule has 1 aromatic carbocycles. The van der Waals surface area contributed by atoms with Gasteiger partial charge in [-0.05, 0) is 25.1 Å². The van der Waals surface area contributed by atoms with E-state index in [0.717, 1.165) is 36.4 Å². The van der Waals surface area contributed by atoms with Gasteiger partial charge in [-0.2, -0.15) is 0 Å². The van der Waals surface area contributed by atoms with E-state index in [9.17, 15) is 0 Å². The lowest BCUT2D eigenvalue weighted by Gasteiger charge is -2.23. The van der Waals surface area contributed by atoms with E-state index < -0.39 is 0 Å². The number of ether oxygens (including phenoxy) is 1. The van der Waals surface area contributed by atoms with Gasteiger partial charge in [-0.15, -0.1) is 0 Å². The molecule has 5 heteroatoms. The molecule has 0 amide bonds. The van der Waals surface area contributed by atoms with Crippen LogP contribution in [0.4, 0.5) is 5.82 Å². The van der Waals surface area contributed by atoms with Crippen molar-refractivity contribution in [2.75, 3.05) is 38.3 Å². The summed E-state index contributed by atoms with van der Waals surface area (Å²) in [6.45, 7) is 3.00. The normalized spacial score (nSPS) is 10.8. The Morgan fingerprint density at radius 1 is 1.21 bits per heavy atom. The first kappa shape index (κ1) is 13.7. The zero-order valence-corrected chi connectivity index (χ0v) is 11.2. The lowest BCUT2D eigenvalue weighted by Crippen LogP contribution is -2.30. The van der Waals surface area contributed by atoms with Crippen LogP contribution >= 0.6 is 0 Å². The number of hydrogen-bond acceptors (Lipinski definition) is 5. The molecular formula is C14H20N4O. The molecule has 0 bridgehead atoms. The van der Waals surface area contributed by atoms with Gasteiger partial charge in [0.2, 0.25) is 0 Å². The second kappa shape index (κ2) is 7.01. The number of methoxy groups -OCH3 is 1. The molecule has 2 aromatic rings. The number of para-hydroxylation sites is 2. The van der Waals surface area contributed by atoms with Crippen molar-refractivity contribution in [3.8, 4) is 0 Å². The molecule has 0 aliphatic carbocycles. The van der Waals surface area contributed by atoms with E-state index in [1.54, 1.807) is 7.11 Å². The molecule has 1 aromatic heterocycles. The standard InChI is InChI=1S/C14H20N4O/c1-19-10-9-18(8-4-7-15)14-11-16-12-5-2-3-6-13(12)17-14/h2-3,5-6,11H,4,7-10,15H2,1H3. The van der Waals surface area contributed by atoms with Crippen LogP contribution in [0.5, 0.6) is 0 Å². The van der Waals surface area contributed by atoms with Gasteiger partial charge in [0.1, 0.15) is 5.82 Å². The molecule has 0 saturated carbocycles. The van der Waals surface area contributed by atoms with Crippen molar-refractivity contribution in [2.24, 2.45) is 5.73 Å². The second-order valence-corrected chi connectivity index (χ2v) is 4.34. The third-order valence-electron chi connectivity index (χ3n) is 2.96. The molecule has 2 N–H and O–H groups in total. The summed E-state index contributed by atoms with van der Waals surface area (Å²) in [4.78, 5) is 11.3. The Morgan fingerprint density at radius 2 is 2.00 bits per heavy atom. The summed E-state index contributed by atoms with van der Waals surface area (Å²) in [5.74, 6) is 0.879. The minimum absolute atomic E-state index is 0.666. The lowest BCUT2D eigenvalue weighted by atomic mass is 10.3. The Hall–Kier alpha value is -1.72. The predicted octanol–water partition coefficient (Wildman–Crippen LogP) is 1.43. The van der Waals surface area contributed by atoms with E-state index in [1.807, 2.05) is 30.5 Å². The molecule has 0 spiro atoms. The monoisotopic (exact) mass is 260 g/mol. The number of rotatable bonds is 7. The zero-order valence-electron chi connectivity index (χ0n) is 11.2. The molecule has 0 aliphatic rings. The van der Waals surface area contributed by atoms with Gasteiger partial charge in [0.05, 0.1) is 23.8 Å². The van der Waals surface area contributed by atoms with E-state index in [1.165, 1.54) is 0 Å². The maximum Gasteiger partial charge on any atom is 0.147 e. The van der Waals surface area contributed by atoms with Gasteiger partial charge in [0, 0.05) is 20.2 Å². The van der Waals surface area contributed by atoms with Crippen LogP contribution in [-0.4, -0.2) is 43.3 Å². The highest BCUT2D eigenvalue weighted by Gasteiger charge is 2.08. The van der Waals surface area contributed by atoms with Gasteiger partial charge in [-0.3, -0.25) is 4.98 Å². The molecule has 0 atom stereocenters. The van der Waals surface area contributed by atoms with Crippen molar-refractivity contribution < 1.29 is 4.74 Å². The largest absolute Gasteiger partial charge is 0.383 e. The number of anilines is 1. The molecule has 0 fully saturated rings. The summed E-state index contributed by atoms with van der Waals surface area (Å²) in [7, 11) is 1.70. The highest BCUT2D eigenvalue weighted by Crippen LogP contribution is 2.15. The van der Waals surface area contributed by atoms with Gasteiger partial charge in [-0.25, -0.2) is 4.98 Å². The van der Waals surface area contributed by atoms with Gasteiger partial charge in [0.25, 0.3) is 0 Å². The first-order valence-electron chi connectivity index (χ1n) is 6.51. The van der Waals surface area contributed by atoms with Crippen LogP contribution < -0.4 is 10.6 Å². The van der Waals surface area contributed by atoms with Crippen molar-refractivity contribution in [2.45, 2.75) is 6.42 Å². The van der Waals surface area contributed by atoms with E-state index >= 15 is 0 Å². The number of benzene rings is 1. The van der Waals surface area contributed by atoms with Crippen LogP contribution in [0.25, 0.3) is 11.0 Å². The Balaban J connectivity index is 2.21. The summed E-state index contributed by atoms with van der Waals surface area (Å²) >= 11 is 0. The molecule has 5 nitrogen and oxygen atoms in total. The van der Waals surface area contributed by atoms with Crippen molar-refractivity contribution >= 4 is 16.9 Å². The van der Waals surface area contributed by atoms with E-state index in [0.29, 0.717) is 13.2 Å². The molecule has 1 heterocycles. The SMILES string of the molecule is COCCN(CCCN)c1cnc2ccccc2n1. The smallest absolute Gasteiger partial charge is 0.147 e. The topological polar surface area (TPSA) is 64.3 Å². The summed E-state index contributed by atoms with van der Waals surface area (Å²) < 4.78 is 5.14. The van der Waals surface area contributed by atoms with Crippen LogP contribution in [0, 0.1) is 0 Å². The third-order valence-corrected chi connectivity index (χ3v) is 2.96. The average Bonchev–Trinajstić information content (AvgIpc) is 2.47. The second-order valence-electron chi connectivity index (χ2n) is 4.34. The Kier molecular flexibility index (Phi) is 5.06. The van der Waals surface area contributed by atoms with Crippen LogP contribution in [0.15, 0.2) is 30.5 Å². The van der Waals surface area contributed by atoms with E-state index in [4.69, 9.17) is 10.5 Å². The van der Waals surface area contributed by atoms with Gasteiger partial charge < -0.3 is 15.4 Å². The lowest BCUT2D eigenvalue weighted by molar-refractivity contribution is 0.205.